The highest BCUT2D eigenvalue weighted by molar-refractivity contribution is 7.99. The summed E-state index contributed by atoms with van der Waals surface area (Å²) in [5, 5.41) is 12.1. The zero-order chi connectivity index (χ0) is 21.5. The number of aryl methyl sites for hydroxylation is 2. The summed E-state index contributed by atoms with van der Waals surface area (Å²) in [6.07, 6.45) is 1.78. The van der Waals surface area contributed by atoms with Gasteiger partial charge in [-0.05, 0) is 50.1 Å². The van der Waals surface area contributed by atoms with Crippen LogP contribution in [-0.4, -0.2) is 26.4 Å². The van der Waals surface area contributed by atoms with Gasteiger partial charge in [0.25, 0.3) is 0 Å². The van der Waals surface area contributed by atoms with Crippen LogP contribution in [0.5, 0.6) is 5.75 Å². The minimum atomic E-state index is -0.0840. The number of nitrogens with zero attached hydrogens (tertiary/aromatic N) is 3. The second-order valence-corrected chi connectivity index (χ2v) is 7.93. The van der Waals surface area contributed by atoms with Crippen LogP contribution >= 0.6 is 11.8 Å². The van der Waals surface area contributed by atoms with Gasteiger partial charge in [0.15, 0.2) is 11.0 Å². The molecule has 0 aliphatic rings. The first-order valence-corrected chi connectivity index (χ1v) is 10.7. The number of hydrogen-bond donors (Lipinski definition) is 1. The number of ether oxygens (including phenoxy) is 1. The Labute approximate surface area is 181 Å². The molecular weight excluding hydrogens is 396 g/mol. The molecule has 0 aliphatic heterocycles. The maximum Gasteiger partial charge on any atom is 0.234 e. The monoisotopic (exact) mass is 422 g/mol. The fourth-order valence-electron chi connectivity index (χ4n) is 2.83. The Balaban J connectivity index is 1.62. The predicted molar refractivity (Wildman–Crippen MR) is 121 cm³/mol. The second kappa shape index (κ2) is 10.1. The Hall–Kier alpha value is -3.06. The molecule has 3 aromatic rings. The van der Waals surface area contributed by atoms with Crippen LogP contribution in [-0.2, 0) is 17.9 Å². The quantitative estimate of drug-likeness (QED) is 0.400. The highest BCUT2D eigenvalue weighted by atomic mass is 32.2. The third-order valence-corrected chi connectivity index (χ3v) is 5.67. The lowest BCUT2D eigenvalue weighted by Crippen LogP contribution is -2.16. The van der Waals surface area contributed by atoms with Gasteiger partial charge in [0.1, 0.15) is 12.4 Å². The molecule has 0 fully saturated rings. The van der Waals surface area contributed by atoms with Gasteiger partial charge in [-0.3, -0.25) is 9.36 Å². The number of nitrogens with one attached hydrogen (secondary N) is 1. The van der Waals surface area contributed by atoms with E-state index in [4.69, 9.17) is 4.74 Å². The number of amides is 1. The molecule has 1 aromatic heterocycles. The molecule has 1 heterocycles. The van der Waals surface area contributed by atoms with Crippen LogP contribution in [0, 0.1) is 20.8 Å². The van der Waals surface area contributed by atoms with Crippen molar-refractivity contribution in [2.75, 3.05) is 11.1 Å². The molecular formula is C23H26N4O2S. The van der Waals surface area contributed by atoms with Crippen LogP contribution in [0.3, 0.4) is 0 Å². The van der Waals surface area contributed by atoms with E-state index in [0.29, 0.717) is 24.1 Å². The fraction of sp³-hybridized carbons (Fsp3) is 0.261. The van der Waals surface area contributed by atoms with Crippen LogP contribution in [0.25, 0.3) is 0 Å². The molecule has 0 bridgehead atoms. The molecule has 0 radical (unpaired) electrons. The molecule has 30 heavy (non-hydrogen) atoms. The summed E-state index contributed by atoms with van der Waals surface area (Å²) in [5.41, 5.74) is 4.22. The minimum Gasteiger partial charge on any atom is -0.486 e. The summed E-state index contributed by atoms with van der Waals surface area (Å²) in [5.74, 6) is 1.62. The van der Waals surface area contributed by atoms with E-state index in [9.17, 15) is 4.79 Å². The van der Waals surface area contributed by atoms with Crippen LogP contribution in [0.2, 0.25) is 0 Å². The lowest BCUT2D eigenvalue weighted by atomic mass is 10.1. The van der Waals surface area contributed by atoms with E-state index in [1.807, 2.05) is 67.8 Å². The van der Waals surface area contributed by atoms with Crippen molar-refractivity contribution in [2.45, 2.75) is 39.1 Å². The summed E-state index contributed by atoms with van der Waals surface area (Å²) in [7, 11) is 0. The second-order valence-electron chi connectivity index (χ2n) is 6.98. The first kappa shape index (κ1) is 21.6. The Bertz CT molecular complexity index is 1030. The standard InChI is InChI=1S/C23H26N4O2S/c1-5-13-27-21(14-29-19-11-9-16(2)10-12-19)25-26-23(27)30-15-22(28)24-20-8-6-7-17(3)18(20)4/h5-12H,1,13-15H2,2-4H3,(H,24,28). The van der Waals surface area contributed by atoms with Crippen molar-refractivity contribution in [1.29, 1.82) is 0 Å². The van der Waals surface area contributed by atoms with Crippen LogP contribution in [0.4, 0.5) is 5.69 Å². The normalized spacial score (nSPS) is 10.6. The van der Waals surface area contributed by atoms with Crippen LogP contribution in [0.15, 0.2) is 60.3 Å². The van der Waals surface area contributed by atoms with Gasteiger partial charge in [0.2, 0.25) is 5.91 Å². The molecule has 156 valence electrons. The average molecular weight is 423 g/mol. The summed E-state index contributed by atoms with van der Waals surface area (Å²) in [6, 6.07) is 13.7. The number of allylic oxidation sites excluding steroid dienone is 1. The zero-order valence-corrected chi connectivity index (χ0v) is 18.3. The van der Waals surface area contributed by atoms with E-state index >= 15 is 0 Å². The third kappa shape index (κ3) is 5.51. The highest BCUT2D eigenvalue weighted by Crippen LogP contribution is 2.21. The van der Waals surface area contributed by atoms with Crippen molar-refractivity contribution in [3.05, 3.63) is 77.6 Å². The van der Waals surface area contributed by atoms with Crippen LogP contribution in [0.1, 0.15) is 22.5 Å². The van der Waals surface area contributed by atoms with Crippen molar-refractivity contribution in [2.24, 2.45) is 0 Å². The lowest BCUT2D eigenvalue weighted by Gasteiger charge is -2.11. The van der Waals surface area contributed by atoms with E-state index in [-0.39, 0.29) is 11.7 Å². The van der Waals surface area contributed by atoms with Crippen LogP contribution < -0.4 is 10.1 Å². The Kier molecular flexibility index (Phi) is 7.30. The molecule has 0 spiro atoms. The Morgan fingerprint density at radius 2 is 1.93 bits per heavy atom. The number of carbonyl (C=O) groups excluding carboxylic acids is 1. The van der Waals surface area contributed by atoms with Gasteiger partial charge in [-0.1, -0.05) is 47.7 Å². The summed E-state index contributed by atoms with van der Waals surface area (Å²) >= 11 is 1.34. The molecule has 0 aliphatic carbocycles. The number of thioether (sulfide) groups is 1. The van der Waals surface area contributed by atoms with Gasteiger partial charge in [-0.25, -0.2) is 0 Å². The smallest absolute Gasteiger partial charge is 0.234 e. The molecule has 1 N–H and O–H groups in total. The highest BCUT2D eigenvalue weighted by Gasteiger charge is 2.15. The summed E-state index contributed by atoms with van der Waals surface area (Å²) < 4.78 is 7.74. The minimum absolute atomic E-state index is 0.0840. The molecule has 1 amide bonds. The lowest BCUT2D eigenvalue weighted by molar-refractivity contribution is -0.113. The van der Waals surface area contributed by atoms with Gasteiger partial charge in [0, 0.05) is 12.2 Å². The average Bonchev–Trinajstić information content (AvgIpc) is 3.11. The molecule has 6 nitrogen and oxygen atoms in total. The SMILES string of the molecule is C=CCn1c(COc2ccc(C)cc2)nnc1SCC(=O)Nc1cccc(C)c1C. The van der Waals surface area contributed by atoms with Gasteiger partial charge in [0.05, 0.1) is 5.75 Å². The fourth-order valence-corrected chi connectivity index (χ4v) is 3.60. The number of hydrogen-bond acceptors (Lipinski definition) is 5. The van der Waals surface area contributed by atoms with E-state index in [0.717, 1.165) is 22.6 Å². The van der Waals surface area contributed by atoms with Gasteiger partial charge >= 0.3 is 0 Å². The molecule has 3 rings (SSSR count). The maximum absolute atomic E-state index is 12.4. The third-order valence-electron chi connectivity index (χ3n) is 4.71. The molecule has 0 atom stereocenters. The van der Waals surface area contributed by atoms with Gasteiger partial charge in [-0.2, -0.15) is 0 Å². The number of anilines is 1. The van der Waals surface area contributed by atoms with Crippen molar-refractivity contribution in [3.63, 3.8) is 0 Å². The van der Waals surface area contributed by atoms with E-state index in [1.54, 1.807) is 6.08 Å². The number of rotatable bonds is 9. The summed E-state index contributed by atoms with van der Waals surface area (Å²) in [4.78, 5) is 12.4. The molecule has 0 saturated carbocycles. The van der Waals surface area contributed by atoms with Crippen molar-refractivity contribution in [3.8, 4) is 5.75 Å². The largest absolute Gasteiger partial charge is 0.486 e. The Morgan fingerprint density at radius 1 is 1.17 bits per heavy atom. The Morgan fingerprint density at radius 3 is 2.67 bits per heavy atom. The first-order chi connectivity index (χ1) is 14.5. The van der Waals surface area contributed by atoms with Crippen molar-refractivity contribution >= 4 is 23.4 Å². The molecule has 0 saturated heterocycles. The molecule has 7 heteroatoms. The maximum atomic E-state index is 12.4. The van der Waals surface area contributed by atoms with Gasteiger partial charge < -0.3 is 10.1 Å². The molecule has 2 aromatic carbocycles. The summed E-state index contributed by atoms with van der Waals surface area (Å²) in [6.45, 7) is 10.7. The van der Waals surface area contributed by atoms with Crippen molar-refractivity contribution < 1.29 is 9.53 Å². The van der Waals surface area contributed by atoms with Crippen molar-refractivity contribution in [1.82, 2.24) is 14.8 Å². The van der Waals surface area contributed by atoms with E-state index in [2.05, 4.69) is 22.1 Å². The first-order valence-electron chi connectivity index (χ1n) is 9.69. The molecule has 0 unspecified atom stereocenters. The topological polar surface area (TPSA) is 69.0 Å². The zero-order valence-electron chi connectivity index (χ0n) is 17.5. The van der Waals surface area contributed by atoms with Gasteiger partial charge in [-0.15, -0.1) is 16.8 Å². The number of benzene rings is 2. The number of aromatic nitrogens is 3. The van der Waals surface area contributed by atoms with E-state index < -0.39 is 0 Å². The number of carbonyl (C=O) groups is 1. The van der Waals surface area contributed by atoms with E-state index in [1.165, 1.54) is 17.3 Å². The predicted octanol–water partition coefficient (Wildman–Crippen LogP) is 4.70.